The van der Waals surface area contributed by atoms with Crippen molar-refractivity contribution in [3.8, 4) is 11.5 Å². The molecule has 112 valence electrons. The Bertz CT molecular complexity index is 630. The highest BCUT2D eigenvalue weighted by molar-refractivity contribution is 9.10. The van der Waals surface area contributed by atoms with Crippen LogP contribution >= 0.6 is 15.9 Å². The average Bonchev–Trinajstić information content (AvgIpc) is 2.45. The summed E-state index contributed by atoms with van der Waals surface area (Å²) < 4.78 is 20.4. The average molecular weight is 352 g/mol. The van der Waals surface area contributed by atoms with Crippen molar-refractivity contribution in [3.05, 3.63) is 57.8 Å². The van der Waals surface area contributed by atoms with Gasteiger partial charge >= 0.3 is 0 Å². The molecule has 0 heterocycles. The molecule has 0 fully saturated rings. The number of aryl methyl sites for hydroxylation is 1. The molecule has 2 nitrogen and oxygen atoms in total. The third-order valence-corrected chi connectivity index (χ3v) is 3.89. The number of nitrogens with two attached hydrogens (primary N) is 1. The Morgan fingerprint density at radius 1 is 1.19 bits per heavy atom. The van der Waals surface area contributed by atoms with Crippen molar-refractivity contribution in [2.24, 2.45) is 5.73 Å². The van der Waals surface area contributed by atoms with Crippen LogP contribution in [0.25, 0.3) is 0 Å². The van der Waals surface area contributed by atoms with Crippen LogP contribution in [0.15, 0.2) is 40.9 Å². The van der Waals surface area contributed by atoms with Crippen LogP contribution in [-0.4, -0.2) is 6.04 Å². The highest BCUT2D eigenvalue weighted by Gasteiger charge is 2.11. The lowest BCUT2D eigenvalue weighted by Crippen LogP contribution is -2.21. The van der Waals surface area contributed by atoms with Gasteiger partial charge in [-0.1, -0.05) is 28.9 Å². The molecule has 0 radical (unpaired) electrons. The quantitative estimate of drug-likeness (QED) is 0.825. The van der Waals surface area contributed by atoms with Crippen LogP contribution in [0, 0.1) is 12.7 Å². The van der Waals surface area contributed by atoms with Gasteiger partial charge in [-0.3, -0.25) is 0 Å². The van der Waals surface area contributed by atoms with Gasteiger partial charge in [0, 0.05) is 10.5 Å². The number of hydrogen-bond donors (Lipinski definition) is 1. The minimum atomic E-state index is -0.272. The van der Waals surface area contributed by atoms with E-state index < -0.39 is 0 Å². The monoisotopic (exact) mass is 351 g/mol. The summed E-state index contributed by atoms with van der Waals surface area (Å²) in [5.74, 6) is 1.13. The molecule has 2 aromatic carbocycles. The maximum absolute atomic E-state index is 13.5. The molecule has 0 aliphatic carbocycles. The summed E-state index contributed by atoms with van der Waals surface area (Å²) in [4.78, 5) is 0. The van der Waals surface area contributed by atoms with Crippen LogP contribution < -0.4 is 10.5 Å². The van der Waals surface area contributed by atoms with E-state index >= 15 is 0 Å². The molecule has 21 heavy (non-hydrogen) atoms. The first-order valence-electron chi connectivity index (χ1n) is 6.97. The topological polar surface area (TPSA) is 35.2 Å². The van der Waals surface area contributed by atoms with Crippen molar-refractivity contribution < 1.29 is 9.13 Å². The van der Waals surface area contributed by atoms with Gasteiger partial charge in [-0.15, -0.1) is 0 Å². The summed E-state index contributed by atoms with van der Waals surface area (Å²) >= 11 is 3.43. The van der Waals surface area contributed by atoms with Gasteiger partial charge in [-0.25, -0.2) is 4.39 Å². The van der Waals surface area contributed by atoms with Crippen molar-refractivity contribution in [2.75, 3.05) is 0 Å². The van der Waals surface area contributed by atoms with Gasteiger partial charge in [0.1, 0.15) is 17.3 Å². The van der Waals surface area contributed by atoms with Crippen molar-refractivity contribution in [3.63, 3.8) is 0 Å². The van der Waals surface area contributed by atoms with Crippen LogP contribution in [0.1, 0.15) is 24.5 Å². The van der Waals surface area contributed by atoms with Gasteiger partial charge in [-0.05, 0) is 61.2 Å². The molecule has 0 bridgehead atoms. The Morgan fingerprint density at radius 3 is 2.67 bits per heavy atom. The molecule has 1 unspecified atom stereocenters. The van der Waals surface area contributed by atoms with E-state index in [2.05, 4.69) is 15.9 Å². The zero-order chi connectivity index (χ0) is 15.4. The van der Waals surface area contributed by atoms with E-state index in [4.69, 9.17) is 10.5 Å². The van der Waals surface area contributed by atoms with Crippen molar-refractivity contribution >= 4 is 15.9 Å². The molecular weight excluding hydrogens is 333 g/mol. The Hall–Kier alpha value is -1.39. The maximum atomic E-state index is 13.5. The first-order chi connectivity index (χ1) is 9.99. The predicted octanol–water partition coefficient (Wildman–Crippen LogP) is 4.97. The molecule has 2 aromatic rings. The lowest BCUT2D eigenvalue weighted by Gasteiger charge is -2.15. The van der Waals surface area contributed by atoms with E-state index in [0.29, 0.717) is 12.2 Å². The van der Waals surface area contributed by atoms with Gasteiger partial charge in [0.15, 0.2) is 0 Å². The molecule has 0 aliphatic rings. The van der Waals surface area contributed by atoms with Crippen LogP contribution in [0.2, 0.25) is 0 Å². The van der Waals surface area contributed by atoms with E-state index in [-0.39, 0.29) is 11.9 Å². The second-order valence-electron chi connectivity index (χ2n) is 5.14. The highest BCUT2D eigenvalue weighted by Crippen LogP contribution is 2.31. The Morgan fingerprint density at radius 2 is 1.95 bits per heavy atom. The van der Waals surface area contributed by atoms with Gasteiger partial charge in [0.05, 0.1) is 0 Å². The molecule has 0 saturated carbocycles. The minimum Gasteiger partial charge on any atom is -0.457 e. The zero-order valence-corrected chi connectivity index (χ0v) is 13.8. The van der Waals surface area contributed by atoms with Crippen LogP contribution in [0.4, 0.5) is 4.39 Å². The van der Waals surface area contributed by atoms with Gasteiger partial charge in [0.2, 0.25) is 0 Å². The van der Waals surface area contributed by atoms with Gasteiger partial charge in [0.25, 0.3) is 0 Å². The summed E-state index contributed by atoms with van der Waals surface area (Å²) in [7, 11) is 0. The maximum Gasteiger partial charge on any atom is 0.131 e. The summed E-state index contributed by atoms with van der Waals surface area (Å²) in [6, 6.07) is 10.4. The van der Waals surface area contributed by atoms with E-state index in [0.717, 1.165) is 27.8 Å². The largest absolute Gasteiger partial charge is 0.457 e. The molecule has 0 saturated heterocycles. The lowest BCUT2D eigenvalue weighted by atomic mass is 10.0. The van der Waals surface area contributed by atoms with E-state index in [9.17, 15) is 4.39 Å². The zero-order valence-electron chi connectivity index (χ0n) is 12.2. The lowest BCUT2D eigenvalue weighted by molar-refractivity contribution is 0.465. The number of benzene rings is 2. The fourth-order valence-electron chi connectivity index (χ4n) is 2.04. The molecule has 0 spiro atoms. The van der Waals surface area contributed by atoms with Crippen LogP contribution in [0.5, 0.6) is 11.5 Å². The smallest absolute Gasteiger partial charge is 0.131 e. The Kier molecular flexibility index (Phi) is 5.37. The molecule has 0 aromatic heterocycles. The Labute approximate surface area is 133 Å². The molecule has 2 N–H and O–H groups in total. The highest BCUT2D eigenvalue weighted by atomic mass is 79.9. The second kappa shape index (κ2) is 7.05. The summed E-state index contributed by atoms with van der Waals surface area (Å²) in [5, 5.41) is 0. The summed E-state index contributed by atoms with van der Waals surface area (Å²) in [5.41, 5.74) is 7.80. The first kappa shape index (κ1) is 16.0. The number of hydrogen-bond acceptors (Lipinski definition) is 2. The summed E-state index contributed by atoms with van der Waals surface area (Å²) in [6.45, 7) is 3.99. The minimum absolute atomic E-state index is 0.00208. The standard InChI is InChI=1S/C17H19BrFNO/c1-3-15(20)9-12-8-14(19)6-7-16(12)21-17-10-13(18)5-4-11(17)2/h4-8,10,15H,3,9,20H2,1-2H3. The van der Waals surface area contributed by atoms with Crippen molar-refractivity contribution in [1.29, 1.82) is 0 Å². The number of halogens is 2. The second-order valence-corrected chi connectivity index (χ2v) is 6.05. The van der Waals surface area contributed by atoms with Crippen molar-refractivity contribution in [1.82, 2.24) is 0 Å². The van der Waals surface area contributed by atoms with Crippen molar-refractivity contribution in [2.45, 2.75) is 32.7 Å². The van der Waals surface area contributed by atoms with E-state index in [1.165, 1.54) is 12.1 Å². The molecule has 2 rings (SSSR count). The normalized spacial score (nSPS) is 12.2. The third kappa shape index (κ3) is 4.29. The molecule has 0 aliphatic heterocycles. The third-order valence-electron chi connectivity index (χ3n) is 3.40. The fourth-order valence-corrected chi connectivity index (χ4v) is 2.38. The van der Waals surface area contributed by atoms with Gasteiger partial charge < -0.3 is 10.5 Å². The Balaban J connectivity index is 2.32. The SMILES string of the molecule is CCC(N)Cc1cc(F)ccc1Oc1cc(Br)ccc1C. The number of ether oxygens (including phenoxy) is 1. The van der Waals surface area contributed by atoms with Crippen LogP contribution in [-0.2, 0) is 6.42 Å². The molecule has 1 atom stereocenters. The molecule has 0 amide bonds. The van der Waals surface area contributed by atoms with E-state index in [1.54, 1.807) is 6.07 Å². The molecule has 4 heteroatoms. The fraction of sp³-hybridized carbons (Fsp3) is 0.294. The first-order valence-corrected chi connectivity index (χ1v) is 7.77. The molecular formula is C17H19BrFNO. The summed E-state index contributed by atoms with van der Waals surface area (Å²) in [6.07, 6.45) is 1.43. The predicted molar refractivity (Wildman–Crippen MR) is 87.3 cm³/mol. The van der Waals surface area contributed by atoms with E-state index in [1.807, 2.05) is 32.0 Å². The number of rotatable bonds is 5. The van der Waals surface area contributed by atoms with Crippen LogP contribution in [0.3, 0.4) is 0 Å². The van der Waals surface area contributed by atoms with Gasteiger partial charge in [-0.2, -0.15) is 0 Å².